The summed E-state index contributed by atoms with van der Waals surface area (Å²) in [6, 6.07) is 11.5. The zero-order valence-corrected chi connectivity index (χ0v) is 16.6. The summed E-state index contributed by atoms with van der Waals surface area (Å²) in [5.41, 5.74) is 2.38. The summed E-state index contributed by atoms with van der Waals surface area (Å²) in [7, 11) is 0. The van der Waals surface area contributed by atoms with Crippen LogP contribution >= 0.6 is 0 Å². The quantitative estimate of drug-likeness (QED) is 0.687. The fourth-order valence-corrected chi connectivity index (χ4v) is 3.99. The molecule has 3 aromatic rings. The molecule has 2 aromatic heterocycles. The Labute approximate surface area is 172 Å². The molecule has 9 nitrogen and oxygen atoms in total. The molecule has 2 aliphatic rings. The molecule has 9 heteroatoms. The number of fused-ring (bicyclic) bond motifs is 2. The van der Waals surface area contributed by atoms with E-state index in [1.807, 2.05) is 41.1 Å². The topological polar surface area (TPSA) is 103 Å². The number of hydrogen-bond acceptors (Lipinski definition) is 4. The van der Waals surface area contributed by atoms with Crippen LogP contribution in [0.1, 0.15) is 23.1 Å². The number of carbonyl (C=O) groups excluding carboxylic acids is 3. The van der Waals surface area contributed by atoms with E-state index in [2.05, 4.69) is 15.4 Å². The van der Waals surface area contributed by atoms with Crippen LogP contribution in [-0.2, 0) is 22.7 Å². The van der Waals surface area contributed by atoms with Gasteiger partial charge in [-0.1, -0.05) is 18.2 Å². The highest BCUT2D eigenvalue weighted by Crippen LogP contribution is 2.22. The van der Waals surface area contributed by atoms with Crippen molar-refractivity contribution in [2.45, 2.75) is 20.0 Å². The van der Waals surface area contributed by atoms with E-state index in [4.69, 9.17) is 0 Å². The van der Waals surface area contributed by atoms with E-state index in [0.29, 0.717) is 44.2 Å². The summed E-state index contributed by atoms with van der Waals surface area (Å²) in [5.74, 6) is 0.0807. The number of carbonyl (C=O) groups is 3. The summed E-state index contributed by atoms with van der Waals surface area (Å²) >= 11 is 0. The predicted molar refractivity (Wildman–Crippen MR) is 110 cm³/mol. The molecule has 30 heavy (non-hydrogen) atoms. The number of amides is 3. The third-order valence-corrected chi connectivity index (χ3v) is 5.79. The minimum absolute atomic E-state index is 0.0174. The number of para-hydroxylation sites is 1. The van der Waals surface area contributed by atoms with Crippen molar-refractivity contribution in [1.29, 1.82) is 0 Å². The normalized spacial score (nSPS) is 16.3. The number of nitrogens with zero attached hydrogens (tertiary/aromatic N) is 4. The minimum Gasteiger partial charge on any atom is -0.351 e. The van der Waals surface area contributed by atoms with E-state index in [1.165, 1.54) is 6.92 Å². The first-order valence-corrected chi connectivity index (χ1v) is 9.98. The molecule has 4 heterocycles. The zero-order valence-electron chi connectivity index (χ0n) is 16.6. The first-order chi connectivity index (χ1) is 14.5. The molecule has 154 valence electrons. The van der Waals surface area contributed by atoms with Crippen LogP contribution in [0.2, 0.25) is 0 Å². The van der Waals surface area contributed by atoms with Gasteiger partial charge in [-0.25, -0.2) is 0 Å². The van der Waals surface area contributed by atoms with E-state index in [-0.39, 0.29) is 23.6 Å². The zero-order chi connectivity index (χ0) is 20.8. The number of aromatic nitrogens is 3. The SMILES string of the molecule is CC(=O)N1CC(C(=O)Nc2cc3n(n2)CCN(C(=O)c2cc4ccccc4[nH]2)C3)C1. The number of benzene rings is 1. The molecule has 3 amide bonds. The maximum absolute atomic E-state index is 12.9. The Kier molecular flexibility index (Phi) is 4.30. The van der Waals surface area contributed by atoms with Gasteiger partial charge in [0, 0.05) is 43.5 Å². The monoisotopic (exact) mass is 406 g/mol. The van der Waals surface area contributed by atoms with Crippen LogP contribution in [0.3, 0.4) is 0 Å². The van der Waals surface area contributed by atoms with Gasteiger partial charge in [-0.3, -0.25) is 19.1 Å². The van der Waals surface area contributed by atoms with Gasteiger partial charge in [-0.2, -0.15) is 5.10 Å². The molecule has 2 aliphatic heterocycles. The van der Waals surface area contributed by atoms with Gasteiger partial charge in [0.2, 0.25) is 11.8 Å². The number of likely N-dealkylation sites (tertiary alicyclic amines) is 1. The Morgan fingerprint density at radius 3 is 2.67 bits per heavy atom. The van der Waals surface area contributed by atoms with Crippen LogP contribution in [0.15, 0.2) is 36.4 Å². The predicted octanol–water partition coefficient (Wildman–Crippen LogP) is 1.44. The summed E-state index contributed by atoms with van der Waals surface area (Å²) in [5, 5.41) is 8.29. The summed E-state index contributed by atoms with van der Waals surface area (Å²) in [4.78, 5) is 43.2. The molecule has 5 rings (SSSR count). The van der Waals surface area contributed by atoms with E-state index in [0.717, 1.165) is 16.6 Å². The number of rotatable bonds is 3. The van der Waals surface area contributed by atoms with Gasteiger partial charge in [0.25, 0.3) is 5.91 Å². The first-order valence-electron chi connectivity index (χ1n) is 9.98. The van der Waals surface area contributed by atoms with Crippen molar-refractivity contribution in [3.05, 3.63) is 47.8 Å². The standard InChI is InChI=1S/C21H22N6O3/c1-13(28)26-10-15(11-26)20(29)23-19-9-16-12-25(6-7-27(16)24-19)21(30)18-8-14-4-2-3-5-17(14)22-18/h2-5,8-9,15,22H,6-7,10-12H2,1H3,(H,23,24,29). The van der Waals surface area contributed by atoms with Gasteiger partial charge in [0.05, 0.1) is 24.7 Å². The van der Waals surface area contributed by atoms with Crippen molar-refractivity contribution >= 4 is 34.4 Å². The fraction of sp³-hybridized carbons (Fsp3) is 0.333. The molecule has 0 bridgehead atoms. The lowest BCUT2D eigenvalue weighted by molar-refractivity contribution is -0.139. The molecule has 0 spiro atoms. The summed E-state index contributed by atoms with van der Waals surface area (Å²) in [6.45, 7) is 3.94. The van der Waals surface area contributed by atoms with Crippen molar-refractivity contribution in [2.75, 3.05) is 25.0 Å². The van der Waals surface area contributed by atoms with Crippen LogP contribution in [-0.4, -0.2) is 61.9 Å². The summed E-state index contributed by atoms with van der Waals surface area (Å²) in [6.07, 6.45) is 0. The first kappa shape index (κ1) is 18.4. The third-order valence-electron chi connectivity index (χ3n) is 5.79. The van der Waals surface area contributed by atoms with Gasteiger partial charge >= 0.3 is 0 Å². The molecule has 0 saturated carbocycles. The molecule has 0 aliphatic carbocycles. The Morgan fingerprint density at radius 1 is 1.10 bits per heavy atom. The Balaban J connectivity index is 1.25. The average molecular weight is 406 g/mol. The van der Waals surface area contributed by atoms with Crippen LogP contribution in [0.25, 0.3) is 10.9 Å². The highest BCUT2D eigenvalue weighted by atomic mass is 16.2. The maximum atomic E-state index is 12.9. The van der Waals surface area contributed by atoms with E-state index in [9.17, 15) is 14.4 Å². The number of H-pyrrole nitrogens is 1. The molecule has 0 radical (unpaired) electrons. The number of anilines is 1. The largest absolute Gasteiger partial charge is 0.351 e. The molecule has 0 unspecified atom stereocenters. The molecule has 1 saturated heterocycles. The van der Waals surface area contributed by atoms with E-state index >= 15 is 0 Å². The second-order valence-corrected chi connectivity index (χ2v) is 7.85. The van der Waals surface area contributed by atoms with Crippen molar-refractivity contribution in [3.8, 4) is 0 Å². The van der Waals surface area contributed by atoms with Gasteiger partial charge in [0.15, 0.2) is 5.82 Å². The molecule has 0 atom stereocenters. The minimum atomic E-state index is -0.201. The lowest BCUT2D eigenvalue weighted by Crippen LogP contribution is -2.53. The lowest BCUT2D eigenvalue weighted by Gasteiger charge is -2.37. The van der Waals surface area contributed by atoms with Crippen LogP contribution in [0, 0.1) is 5.92 Å². The lowest BCUT2D eigenvalue weighted by atomic mass is 9.99. The van der Waals surface area contributed by atoms with E-state index < -0.39 is 0 Å². The third kappa shape index (κ3) is 3.22. The summed E-state index contributed by atoms with van der Waals surface area (Å²) < 4.78 is 1.83. The maximum Gasteiger partial charge on any atom is 0.270 e. The second kappa shape index (κ2) is 7.01. The van der Waals surface area contributed by atoms with Gasteiger partial charge in [-0.05, 0) is 12.1 Å². The molecule has 2 N–H and O–H groups in total. The highest BCUT2D eigenvalue weighted by Gasteiger charge is 2.34. The van der Waals surface area contributed by atoms with Crippen molar-refractivity contribution < 1.29 is 14.4 Å². The fourth-order valence-electron chi connectivity index (χ4n) is 3.99. The van der Waals surface area contributed by atoms with Gasteiger partial charge in [-0.15, -0.1) is 0 Å². The molecule has 1 fully saturated rings. The Hall–Kier alpha value is -3.62. The number of aromatic amines is 1. The van der Waals surface area contributed by atoms with E-state index in [1.54, 1.807) is 9.80 Å². The Bertz CT molecular complexity index is 1120. The van der Waals surface area contributed by atoms with Crippen LogP contribution in [0.5, 0.6) is 0 Å². The van der Waals surface area contributed by atoms with Crippen molar-refractivity contribution in [3.63, 3.8) is 0 Å². The van der Waals surface area contributed by atoms with Crippen molar-refractivity contribution in [2.24, 2.45) is 5.92 Å². The number of nitrogens with one attached hydrogen (secondary N) is 2. The second-order valence-electron chi connectivity index (χ2n) is 7.85. The van der Waals surface area contributed by atoms with Crippen LogP contribution in [0.4, 0.5) is 5.82 Å². The molecule has 1 aromatic carbocycles. The van der Waals surface area contributed by atoms with Gasteiger partial charge < -0.3 is 20.1 Å². The molecular weight excluding hydrogens is 384 g/mol. The van der Waals surface area contributed by atoms with Gasteiger partial charge in [0.1, 0.15) is 5.69 Å². The average Bonchev–Trinajstić information content (AvgIpc) is 3.28. The smallest absolute Gasteiger partial charge is 0.270 e. The number of hydrogen-bond donors (Lipinski definition) is 2. The molecular formula is C21H22N6O3. The highest BCUT2D eigenvalue weighted by molar-refractivity contribution is 5.98. The van der Waals surface area contributed by atoms with Crippen LogP contribution < -0.4 is 5.32 Å². The van der Waals surface area contributed by atoms with Crippen molar-refractivity contribution in [1.82, 2.24) is 24.6 Å². The Morgan fingerprint density at radius 2 is 1.90 bits per heavy atom.